The van der Waals surface area contributed by atoms with Crippen molar-refractivity contribution in [2.45, 2.75) is 19.4 Å². The summed E-state index contributed by atoms with van der Waals surface area (Å²) in [5.41, 5.74) is 0.924. The molecule has 0 atom stereocenters. The van der Waals surface area contributed by atoms with Crippen LogP contribution in [0.25, 0.3) is 0 Å². The maximum atomic E-state index is 13.3. The molecule has 2 aromatic carbocycles. The minimum Gasteiger partial charge on any atom is -0.477 e. The number of hydrogen-bond donors (Lipinski definition) is 1. The maximum absolute atomic E-state index is 13.3. The summed E-state index contributed by atoms with van der Waals surface area (Å²) in [6.07, 6.45) is 1.98. The van der Waals surface area contributed by atoms with Crippen molar-refractivity contribution < 1.29 is 18.8 Å². The van der Waals surface area contributed by atoms with Crippen molar-refractivity contribution in [1.29, 1.82) is 0 Å². The standard InChI is InChI=1S/C21H24FN3O4/c22-18-6-7-19(25(27)28)20(12-18)29-15-21(26)23-13-16-8-10-24(11-9-16)14-17-4-2-1-3-5-17/h1-7,12,16H,8-11,13-15H2,(H,23,26). The molecule has 1 N–H and O–H groups in total. The molecule has 1 aliphatic heterocycles. The van der Waals surface area contributed by atoms with E-state index in [9.17, 15) is 19.3 Å². The Bertz CT molecular complexity index is 839. The Morgan fingerprint density at radius 3 is 2.62 bits per heavy atom. The molecule has 0 radical (unpaired) electrons. The molecular weight excluding hydrogens is 377 g/mol. The van der Waals surface area contributed by atoms with Gasteiger partial charge in [-0.05, 0) is 43.5 Å². The van der Waals surface area contributed by atoms with Gasteiger partial charge in [0, 0.05) is 25.2 Å². The lowest BCUT2D eigenvalue weighted by Crippen LogP contribution is -2.39. The van der Waals surface area contributed by atoms with E-state index in [1.54, 1.807) is 0 Å². The fraction of sp³-hybridized carbons (Fsp3) is 0.381. The topological polar surface area (TPSA) is 84.7 Å². The van der Waals surface area contributed by atoms with Crippen molar-refractivity contribution in [3.05, 3.63) is 70.0 Å². The van der Waals surface area contributed by atoms with Gasteiger partial charge in [0.25, 0.3) is 5.91 Å². The van der Waals surface area contributed by atoms with Gasteiger partial charge in [-0.15, -0.1) is 0 Å². The summed E-state index contributed by atoms with van der Waals surface area (Å²) in [5, 5.41) is 13.8. The predicted molar refractivity (Wildman–Crippen MR) is 106 cm³/mol. The number of amides is 1. The third kappa shape index (κ3) is 6.25. The van der Waals surface area contributed by atoms with Crippen molar-refractivity contribution in [3.63, 3.8) is 0 Å². The molecular formula is C21H24FN3O4. The molecule has 0 aromatic heterocycles. The molecule has 1 saturated heterocycles. The van der Waals surface area contributed by atoms with Crippen LogP contribution in [-0.4, -0.2) is 42.0 Å². The number of hydrogen-bond acceptors (Lipinski definition) is 5. The van der Waals surface area contributed by atoms with E-state index in [1.165, 1.54) is 5.56 Å². The number of nitrogens with zero attached hydrogens (tertiary/aromatic N) is 2. The van der Waals surface area contributed by atoms with Crippen LogP contribution in [0.3, 0.4) is 0 Å². The molecule has 1 fully saturated rings. The molecule has 2 aromatic rings. The highest BCUT2D eigenvalue weighted by Gasteiger charge is 2.21. The fourth-order valence-electron chi connectivity index (χ4n) is 3.40. The quantitative estimate of drug-likeness (QED) is 0.543. The van der Waals surface area contributed by atoms with Crippen LogP contribution in [0, 0.1) is 21.8 Å². The van der Waals surface area contributed by atoms with E-state index in [1.807, 2.05) is 18.2 Å². The number of nitro groups is 1. The van der Waals surface area contributed by atoms with Gasteiger partial charge in [0.1, 0.15) is 5.82 Å². The Morgan fingerprint density at radius 1 is 1.21 bits per heavy atom. The molecule has 1 aliphatic rings. The first kappa shape index (κ1) is 20.7. The first-order chi connectivity index (χ1) is 14.0. The summed E-state index contributed by atoms with van der Waals surface area (Å²) in [7, 11) is 0. The smallest absolute Gasteiger partial charge is 0.311 e. The highest BCUT2D eigenvalue weighted by Crippen LogP contribution is 2.27. The van der Waals surface area contributed by atoms with Crippen LogP contribution in [-0.2, 0) is 11.3 Å². The zero-order valence-electron chi connectivity index (χ0n) is 16.1. The first-order valence-corrected chi connectivity index (χ1v) is 9.61. The summed E-state index contributed by atoms with van der Waals surface area (Å²) < 4.78 is 18.5. The van der Waals surface area contributed by atoms with E-state index in [0.29, 0.717) is 12.5 Å². The monoisotopic (exact) mass is 401 g/mol. The molecule has 7 nitrogen and oxygen atoms in total. The SMILES string of the molecule is O=C(COc1cc(F)ccc1[N+](=O)[O-])NCC1CCN(Cc2ccccc2)CC1. The van der Waals surface area contributed by atoms with Crippen molar-refractivity contribution in [2.24, 2.45) is 5.92 Å². The van der Waals surface area contributed by atoms with Crippen LogP contribution in [0.1, 0.15) is 18.4 Å². The number of piperidine rings is 1. The molecule has 29 heavy (non-hydrogen) atoms. The van der Waals surface area contributed by atoms with E-state index >= 15 is 0 Å². The van der Waals surface area contributed by atoms with Gasteiger partial charge < -0.3 is 10.1 Å². The minimum atomic E-state index is -0.671. The average molecular weight is 401 g/mol. The molecule has 0 aliphatic carbocycles. The minimum absolute atomic E-state index is 0.251. The molecule has 8 heteroatoms. The zero-order chi connectivity index (χ0) is 20.6. The van der Waals surface area contributed by atoms with Crippen molar-refractivity contribution in [3.8, 4) is 5.75 Å². The number of rotatable bonds is 8. The van der Waals surface area contributed by atoms with Crippen molar-refractivity contribution in [2.75, 3.05) is 26.2 Å². The van der Waals surface area contributed by atoms with Crippen molar-refractivity contribution in [1.82, 2.24) is 10.2 Å². The summed E-state index contributed by atoms with van der Waals surface area (Å²) in [5.74, 6) is -0.905. The van der Waals surface area contributed by atoms with Gasteiger partial charge in [-0.1, -0.05) is 30.3 Å². The Balaban J connectivity index is 1.38. The number of nitro benzene ring substituents is 1. The Morgan fingerprint density at radius 2 is 1.93 bits per heavy atom. The summed E-state index contributed by atoms with van der Waals surface area (Å²) >= 11 is 0. The Hall–Kier alpha value is -3.00. The lowest BCUT2D eigenvalue weighted by Gasteiger charge is -2.32. The lowest BCUT2D eigenvalue weighted by atomic mass is 9.96. The maximum Gasteiger partial charge on any atom is 0.311 e. The summed E-state index contributed by atoms with van der Waals surface area (Å²) in [6.45, 7) is 3.02. The zero-order valence-corrected chi connectivity index (χ0v) is 16.1. The van der Waals surface area contributed by atoms with Gasteiger partial charge in [-0.2, -0.15) is 0 Å². The van der Waals surface area contributed by atoms with Gasteiger partial charge in [0.05, 0.1) is 4.92 Å². The molecule has 0 spiro atoms. The third-order valence-corrected chi connectivity index (χ3v) is 5.02. The van der Waals surface area contributed by atoms with E-state index < -0.39 is 17.3 Å². The number of benzene rings is 2. The second-order valence-electron chi connectivity index (χ2n) is 7.17. The number of ether oxygens (including phenoxy) is 1. The second-order valence-corrected chi connectivity index (χ2v) is 7.17. The first-order valence-electron chi connectivity index (χ1n) is 9.61. The number of likely N-dealkylation sites (tertiary alicyclic amines) is 1. The summed E-state index contributed by atoms with van der Waals surface area (Å²) in [4.78, 5) is 24.7. The molecule has 154 valence electrons. The molecule has 0 bridgehead atoms. The second kappa shape index (κ2) is 9.97. The highest BCUT2D eigenvalue weighted by molar-refractivity contribution is 5.77. The van der Waals surface area contributed by atoms with Crippen LogP contribution in [0.4, 0.5) is 10.1 Å². The third-order valence-electron chi connectivity index (χ3n) is 5.02. The van der Waals surface area contributed by atoms with Crippen LogP contribution >= 0.6 is 0 Å². The average Bonchev–Trinajstić information content (AvgIpc) is 2.72. The molecule has 0 saturated carbocycles. The molecule has 1 heterocycles. The summed E-state index contributed by atoms with van der Waals surface area (Å²) in [6, 6.07) is 13.2. The van der Waals surface area contributed by atoms with E-state index in [-0.39, 0.29) is 17.3 Å². The van der Waals surface area contributed by atoms with Crippen LogP contribution < -0.4 is 10.1 Å². The lowest BCUT2D eigenvalue weighted by molar-refractivity contribution is -0.385. The Kier molecular flexibility index (Phi) is 7.13. The van der Waals surface area contributed by atoms with E-state index in [4.69, 9.17) is 4.74 Å². The van der Waals surface area contributed by atoms with Gasteiger partial charge in [0.15, 0.2) is 6.61 Å². The largest absolute Gasteiger partial charge is 0.477 e. The van der Waals surface area contributed by atoms with Gasteiger partial charge >= 0.3 is 5.69 Å². The normalized spacial score (nSPS) is 15.1. The van der Waals surface area contributed by atoms with Crippen LogP contribution in [0.15, 0.2) is 48.5 Å². The molecule has 0 unspecified atom stereocenters. The van der Waals surface area contributed by atoms with E-state index in [2.05, 4.69) is 22.3 Å². The number of halogens is 1. The van der Waals surface area contributed by atoms with Crippen LogP contribution in [0.2, 0.25) is 0 Å². The number of nitrogens with one attached hydrogen (secondary N) is 1. The van der Waals surface area contributed by atoms with Gasteiger partial charge in [-0.25, -0.2) is 4.39 Å². The van der Waals surface area contributed by atoms with Crippen molar-refractivity contribution >= 4 is 11.6 Å². The molecule has 1 amide bonds. The number of carbonyl (C=O) groups excluding carboxylic acids is 1. The highest BCUT2D eigenvalue weighted by atomic mass is 19.1. The number of carbonyl (C=O) groups is 1. The molecule has 3 rings (SSSR count). The fourth-order valence-corrected chi connectivity index (χ4v) is 3.40. The Labute approximate surface area is 168 Å². The predicted octanol–water partition coefficient (Wildman–Crippen LogP) is 3.14. The van der Waals surface area contributed by atoms with Gasteiger partial charge in [0.2, 0.25) is 5.75 Å². The van der Waals surface area contributed by atoms with E-state index in [0.717, 1.165) is 50.7 Å². The van der Waals surface area contributed by atoms with Crippen LogP contribution in [0.5, 0.6) is 5.75 Å². The van der Waals surface area contributed by atoms with Gasteiger partial charge in [-0.3, -0.25) is 19.8 Å².